The molecule has 0 amide bonds. The molecule has 0 N–H and O–H groups in total. The van der Waals surface area contributed by atoms with Gasteiger partial charge in [-0.15, -0.1) is 0 Å². The van der Waals surface area contributed by atoms with Gasteiger partial charge >= 0.3 is 11.4 Å². The third-order valence-corrected chi connectivity index (χ3v) is 6.35. The van der Waals surface area contributed by atoms with E-state index >= 15 is 0 Å². The predicted octanol–water partition coefficient (Wildman–Crippen LogP) is 1.21. The average Bonchev–Trinajstić information content (AvgIpc) is 3.18. The summed E-state index contributed by atoms with van der Waals surface area (Å²) >= 11 is 0. The van der Waals surface area contributed by atoms with Crippen molar-refractivity contribution in [2.75, 3.05) is 0 Å². The summed E-state index contributed by atoms with van der Waals surface area (Å²) in [5.41, 5.74) is -0.0257. The van der Waals surface area contributed by atoms with Crippen molar-refractivity contribution < 1.29 is 0 Å². The fraction of sp³-hybridized carbons (Fsp3) is 0.733. The topological polar surface area (TPSA) is 48.9 Å². The van der Waals surface area contributed by atoms with Gasteiger partial charge in [-0.1, -0.05) is 18.6 Å². The summed E-state index contributed by atoms with van der Waals surface area (Å²) in [5.74, 6) is 1.33. The highest BCUT2D eigenvalue weighted by Crippen LogP contribution is 2.68. The number of hydrogen-bond acceptors (Lipinski definition) is 2. The highest BCUT2D eigenvalue weighted by molar-refractivity contribution is 5.23. The van der Waals surface area contributed by atoms with Crippen molar-refractivity contribution >= 4 is 0 Å². The first-order valence-corrected chi connectivity index (χ1v) is 7.74. The van der Waals surface area contributed by atoms with Crippen molar-refractivity contribution in [1.29, 1.82) is 0 Å². The fourth-order valence-corrected chi connectivity index (χ4v) is 5.50. The zero-order valence-corrected chi connectivity index (χ0v) is 11.7. The van der Waals surface area contributed by atoms with Crippen molar-refractivity contribution in [2.45, 2.75) is 44.2 Å². The summed E-state index contributed by atoms with van der Waals surface area (Å²) in [6.07, 6.45) is 10.7. The lowest BCUT2D eigenvalue weighted by Gasteiger charge is -2.52. The maximum absolute atomic E-state index is 12.5. The lowest BCUT2D eigenvalue weighted by atomic mass is 9.61. The Morgan fingerprint density at radius 1 is 1.10 bits per heavy atom. The minimum atomic E-state index is -0.148. The standard InChI is InChI=1S/C15H19N3O2/c1-16-13(19)17-11-6-7-12(18(17)14(16)20)15(9-4-5-9)8-2-3-10(11)15/h6-7,9-12H,2-5,8H2,1H3/t10-,11-,12-,15-/m1/s1. The normalized spacial score (nSPS) is 41.0. The van der Waals surface area contributed by atoms with Gasteiger partial charge < -0.3 is 0 Å². The zero-order valence-electron chi connectivity index (χ0n) is 11.7. The van der Waals surface area contributed by atoms with E-state index in [9.17, 15) is 9.59 Å². The van der Waals surface area contributed by atoms with E-state index < -0.39 is 0 Å². The maximum atomic E-state index is 12.5. The molecule has 0 radical (unpaired) electrons. The van der Waals surface area contributed by atoms with Crippen molar-refractivity contribution in [3.63, 3.8) is 0 Å². The van der Waals surface area contributed by atoms with Crippen LogP contribution >= 0.6 is 0 Å². The summed E-state index contributed by atoms with van der Waals surface area (Å²) in [6.45, 7) is 0. The molecule has 3 heterocycles. The van der Waals surface area contributed by atoms with Crippen LogP contribution < -0.4 is 11.4 Å². The summed E-state index contributed by atoms with van der Waals surface area (Å²) in [7, 11) is 1.60. The Morgan fingerprint density at radius 3 is 2.60 bits per heavy atom. The van der Waals surface area contributed by atoms with E-state index in [2.05, 4.69) is 12.2 Å². The van der Waals surface area contributed by atoms with Crippen LogP contribution in [0.5, 0.6) is 0 Å². The molecule has 2 aliphatic heterocycles. The molecule has 1 aromatic rings. The molecule has 5 nitrogen and oxygen atoms in total. The van der Waals surface area contributed by atoms with E-state index in [1.54, 1.807) is 16.4 Å². The molecule has 4 atom stereocenters. The quantitative estimate of drug-likeness (QED) is 0.722. The van der Waals surface area contributed by atoms with Gasteiger partial charge in [0.25, 0.3) is 0 Å². The zero-order chi connectivity index (χ0) is 13.6. The lowest BCUT2D eigenvalue weighted by molar-refractivity contribution is 0.000448. The second kappa shape index (κ2) is 3.21. The SMILES string of the molecule is Cn1c(=O)n2n(c1=O)[C@@H]1C=C[C@@H]2[C@H]2CCC[C@@]21C1CC1. The average molecular weight is 273 g/mol. The van der Waals surface area contributed by atoms with Crippen molar-refractivity contribution in [2.24, 2.45) is 24.3 Å². The molecule has 0 saturated heterocycles. The van der Waals surface area contributed by atoms with Gasteiger partial charge in [0.2, 0.25) is 0 Å². The Balaban J connectivity index is 1.85. The van der Waals surface area contributed by atoms with Gasteiger partial charge in [-0.2, -0.15) is 0 Å². The molecular formula is C15H19N3O2. The van der Waals surface area contributed by atoms with Crippen molar-refractivity contribution in [1.82, 2.24) is 13.9 Å². The monoisotopic (exact) mass is 273 g/mol. The Hall–Kier alpha value is -1.52. The van der Waals surface area contributed by atoms with Crippen LogP contribution in [0.3, 0.4) is 0 Å². The third-order valence-electron chi connectivity index (χ3n) is 6.35. The van der Waals surface area contributed by atoms with Crippen molar-refractivity contribution in [3.8, 4) is 0 Å². The maximum Gasteiger partial charge on any atom is 0.347 e. The molecule has 0 spiro atoms. The van der Waals surface area contributed by atoms with Gasteiger partial charge in [0.05, 0.1) is 12.1 Å². The molecule has 106 valence electrons. The van der Waals surface area contributed by atoms with E-state index in [0.717, 1.165) is 5.92 Å². The van der Waals surface area contributed by atoms with Gasteiger partial charge in [-0.3, -0.25) is 0 Å². The van der Waals surface area contributed by atoms with Gasteiger partial charge in [0.15, 0.2) is 0 Å². The van der Waals surface area contributed by atoms with Gasteiger partial charge in [0.1, 0.15) is 0 Å². The first kappa shape index (κ1) is 11.2. The molecule has 2 saturated carbocycles. The number of hydrogen-bond donors (Lipinski definition) is 0. The van der Waals surface area contributed by atoms with Crippen LogP contribution in [0.15, 0.2) is 21.7 Å². The van der Waals surface area contributed by atoms with Crippen LogP contribution in [0.25, 0.3) is 0 Å². The minimum Gasteiger partial charge on any atom is -0.246 e. The van der Waals surface area contributed by atoms with Gasteiger partial charge in [-0.25, -0.2) is 23.5 Å². The largest absolute Gasteiger partial charge is 0.347 e. The molecule has 1 aromatic heterocycles. The molecule has 0 aromatic carbocycles. The first-order chi connectivity index (χ1) is 9.66. The number of rotatable bonds is 1. The number of allylic oxidation sites excluding steroid dienone is 2. The van der Waals surface area contributed by atoms with Crippen LogP contribution in [0.4, 0.5) is 0 Å². The van der Waals surface area contributed by atoms with E-state index in [1.165, 1.54) is 36.7 Å². The third kappa shape index (κ3) is 0.980. The second-order valence-electron chi connectivity index (χ2n) is 7.02. The molecule has 5 aliphatic rings. The lowest BCUT2D eigenvalue weighted by Crippen LogP contribution is -2.54. The van der Waals surface area contributed by atoms with E-state index in [4.69, 9.17) is 0 Å². The smallest absolute Gasteiger partial charge is 0.246 e. The van der Waals surface area contributed by atoms with Crippen LogP contribution in [0, 0.1) is 17.3 Å². The molecule has 0 unspecified atom stereocenters. The Morgan fingerprint density at radius 2 is 1.85 bits per heavy atom. The second-order valence-corrected chi connectivity index (χ2v) is 7.02. The van der Waals surface area contributed by atoms with Crippen LogP contribution in [0.1, 0.15) is 44.2 Å². The minimum absolute atomic E-state index is 0.101. The Labute approximate surface area is 116 Å². The summed E-state index contributed by atoms with van der Waals surface area (Å²) in [5, 5.41) is 0. The molecule has 3 aliphatic carbocycles. The molecule has 6 rings (SSSR count). The summed E-state index contributed by atoms with van der Waals surface area (Å²) < 4.78 is 4.78. The summed E-state index contributed by atoms with van der Waals surface area (Å²) in [4.78, 5) is 24.8. The molecule has 5 heteroatoms. The van der Waals surface area contributed by atoms with Crippen LogP contribution in [0.2, 0.25) is 0 Å². The predicted molar refractivity (Wildman–Crippen MR) is 73.6 cm³/mol. The Kier molecular flexibility index (Phi) is 1.79. The highest BCUT2D eigenvalue weighted by atomic mass is 16.2. The fourth-order valence-electron chi connectivity index (χ4n) is 5.50. The molecular weight excluding hydrogens is 254 g/mol. The molecule has 2 bridgehead atoms. The van der Waals surface area contributed by atoms with Crippen molar-refractivity contribution in [3.05, 3.63) is 33.1 Å². The Bertz CT molecular complexity index is 748. The van der Waals surface area contributed by atoms with E-state index in [0.29, 0.717) is 5.92 Å². The first-order valence-electron chi connectivity index (χ1n) is 7.74. The highest BCUT2D eigenvalue weighted by Gasteiger charge is 2.63. The van der Waals surface area contributed by atoms with Crippen LogP contribution in [-0.4, -0.2) is 13.9 Å². The number of nitrogens with zero attached hydrogens (tertiary/aromatic N) is 3. The summed E-state index contributed by atoms with van der Waals surface area (Å²) in [6, 6.07) is 0.207. The van der Waals surface area contributed by atoms with E-state index in [-0.39, 0.29) is 28.9 Å². The number of aromatic nitrogens is 3. The van der Waals surface area contributed by atoms with Gasteiger partial charge in [0, 0.05) is 12.5 Å². The van der Waals surface area contributed by atoms with Gasteiger partial charge in [-0.05, 0) is 37.5 Å². The van der Waals surface area contributed by atoms with E-state index in [1.807, 2.05) is 0 Å². The van der Waals surface area contributed by atoms with Crippen LogP contribution in [-0.2, 0) is 7.05 Å². The molecule has 20 heavy (non-hydrogen) atoms. The molecule has 2 fully saturated rings.